The summed E-state index contributed by atoms with van der Waals surface area (Å²) in [6.07, 6.45) is 2.86. The molecule has 1 N–H and O–H groups in total. The van der Waals surface area contributed by atoms with Crippen molar-refractivity contribution in [2.24, 2.45) is 0 Å². The highest BCUT2D eigenvalue weighted by atomic mass is 35.5. The zero-order valence-corrected chi connectivity index (χ0v) is 9.97. The lowest BCUT2D eigenvalue weighted by Gasteiger charge is -2.02. The smallest absolute Gasteiger partial charge is 0.267 e. The van der Waals surface area contributed by atoms with E-state index < -0.39 is 0 Å². The van der Waals surface area contributed by atoms with E-state index >= 15 is 0 Å². The van der Waals surface area contributed by atoms with Crippen molar-refractivity contribution in [3.8, 4) is 0 Å². The Morgan fingerprint density at radius 3 is 2.94 bits per heavy atom. The average molecular weight is 254 g/mol. The van der Waals surface area contributed by atoms with Crippen molar-refractivity contribution < 1.29 is 4.79 Å². The van der Waals surface area contributed by atoms with Crippen molar-refractivity contribution in [2.45, 2.75) is 6.92 Å². The van der Waals surface area contributed by atoms with Gasteiger partial charge in [-0.25, -0.2) is 4.98 Å². The number of thiophene rings is 1. The van der Waals surface area contributed by atoms with E-state index in [-0.39, 0.29) is 11.1 Å². The summed E-state index contributed by atoms with van der Waals surface area (Å²) >= 11 is 7.05. The zero-order chi connectivity index (χ0) is 11.5. The van der Waals surface area contributed by atoms with Crippen LogP contribution in [-0.2, 0) is 0 Å². The van der Waals surface area contributed by atoms with Crippen LogP contribution >= 0.6 is 22.9 Å². The molecule has 16 heavy (non-hydrogen) atoms. The number of amides is 1. The summed E-state index contributed by atoms with van der Waals surface area (Å²) in [4.78, 5) is 20.2. The number of nitrogens with zero attached hydrogens (tertiary/aromatic N) is 2. The molecule has 0 radical (unpaired) electrons. The second-order valence-electron chi connectivity index (χ2n) is 3.11. The quantitative estimate of drug-likeness (QED) is 0.895. The monoisotopic (exact) mass is 253 g/mol. The molecule has 0 unspecified atom stereocenters. The van der Waals surface area contributed by atoms with E-state index in [4.69, 9.17) is 11.6 Å². The van der Waals surface area contributed by atoms with Gasteiger partial charge in [-0.15, -0.1) is 11.3 Å². The van der Waals surface area contributed by atoms with Crippen molar-refractivity contribution in [3.63, 3.8) is 0 Å². The molecule has 2 aromatic heterocycles. The number of halogens is 1. The summed E-state index contributed by atoms with van der Waals surface area (Å²) in [6.45, 7) is 1.88. The Kier molecular flexibility index (Phi) is 3.17. The van der Waals surface area contributed by atoms with Crippen LogP contribution in [0.4, 0.5) is 5.82 Å². The Hall–Kier alpha value is -1.46. The fourth-order valence-corrected chi connectivity index (χ4v) is 2.15. The van der Waals surface area contributed by atoms with Crippen molar-refractivity contribution in [3.05, 3.63) is 39.4 Å². The van der Waals surface area contributed by atoms with Gasteiger partial charge in [-0.05, 0) is 23.9 Å². The van der Waals surface area contributed by atoms with Crippen LogP contribution in [0.1, 0.15) is 15.2 Å². The number of nitrogens with one attached hydrogen (secondary N) is 1. The molecule has 0 aromatic carbocycles. The number of aryl methyl sites for hydroxylation is 1. The highest BCUT2D eigenvalue weighted by molar-refractivity contribution is 7.12. The SMILES string of the molecule is Cc1ccsc1C(=O)Nc1cncc(Cl)n1. The lowest BCUT2D eigenvalue weighted by molar-refractivity contribution is 0.102. The maximum absolute atomic E-state index is 11.8. The minimum atomic E-state index is -0.191. The number of carbonyl (C=O) groups excluding carboxylic acids is 1. The summed E-state index contributed by atoms with van der Waals surface area (Å²) in [7, 11) is 0. The number of rotatable bonds is 2. The van der Waals surface area contributed by atoms with E-state index in [2.05, 4.69) is 15.3 Å². The zero-order valence-electron chi connectivity index (χ0n) is 8.40. The van der Waals surface area contributed by atoms with Crippen molar-refractivity contribution in [2.75, 3.05) is 5.32 Å². The number of anilines is 1. The third-order valence-corrected chi connectivity index (χ3v) is 3.11. The summed E-state index contributed by atoms with van der Waals surface area (Å²) in [6, 6.07) is 1.89. The topological polar surface area (TPSA) is 54.9 Å². The summed E-state index contributed by atoms with van der Waals surface area (Å²) in [5.74, 6) is 0.161. The highest BCUT2D eigenvalue weighted by Crippen LogP contribution is 2.17. The minimum absolute atomic E-state index is 0.191. The lowest BCUT2D eigenvalue weighted by Crippen LogP contribution is -2.12. The molecule has 0 atom stereocenters. The van der Waals surface area contributed by atoms with Gasteiger partial charge in [-0.1, -0.05) is 11.6 Å². The van der Waals surface area contributed by atoms with E-state index in [0.29, 0.717) is 10.7 Å². The molecule has 0 aliphatic heterocycles. The van der Waals surface area contributed by atoms with E-state index in [1.165, 1.54) is 23.7 Å². The van der Waals surface area contributed by atoms with Gasteiger partial charge >= 0.3 is 0 Å². The van der Waals surface area contributed by atoms with Gasteiger partial charge < -0.3 is 5.32 Å². The third kappa shape index (κ3) is 2.37. The van der Waals surface area contributed by atoms with Gasteiger partial charge in [0, 0.05) is 0 Å². The normalized spacial score (nSPS) is 10.1. The number of aromatic nitrogens is 2. The molecular weight excluding hydrogens is 246 g/mol. The first-order valence-electron chi connectivity index (χ1n) is 4.50. The van der Waals surface area contributed by atoms with Crippen molar-refractivity contribution >= 4 is 34.7 Å². The van der Waals surface area contributed by atoms with Crippen molar-refractivity contribution in [1.29, 1.82) is 0 Å². The van der Waals surface area contributed by atoms with Crippen LogP contribution in [0.5, 0.6) is 0 Å². The average Bonchev–Trinajstić information content (AvgIpc) is 2.64. The van der Waals surface area contributed by atoms with Crippen LogP contribution in [0.25, 0.3) is 0 Å². The van der Waals surface area contributed by atoms with Gasteiger partial charge in [0.2, 0.25) is 0 Å². The Balaban J connectivity index is 2.17. The summed E-state index contributed by atoms with van der Waals surface area (Å²) < 4.78 is 0. The molecule has 0 fully saturated rings. The molecule has 2 heterocycles. The molecule has 0 aliphatic carbocycles. The maximum atomic E-state index is 11.8. The number of hydrogen-bond donors (Lipinski definition) is 1. The second kappa shape index (κ2) is 4.59. The largest absolute Gasteiger partial charge is 0.305 e. The van der Waals surface area contributed by atoms with Crippen LogP contribution in [0.3, 0.4) is 0 Å². The van der Waals surface area contributed by atoms with Gasteiger partial charge in [0.15, 0.2) is 5.82 Å². The molecule has 1 amide bonds. The molecule has 0 aliphatic rings. The first-order chi connectivity index (χ1) is 7.66. The first-order valence-corrected chi connectivity index (χ1v) is 5.75. The Bertz CT molecular complexity index is 526. The molecule has 82 valence electrons. The van der Waals surface area contributed by atoms with E-state index in [9.17, 15) is 4.79 Å². The first kappa shape index (κ1) is 11.0. The summed E-state index contributed by atoms with van der Waals surface area (Å²) in [5.41, 5.74) is 0.942. The molecule has 2 rings (SSSR count). The standard InChI is InChI=1S/C10H8ClN3OS/c1-6-2-3-16-9(6)10(15)14-8-5-12-4-7(11)13-8/h2-5H,1H3,(H,13,14,15). The molecule has 2 aromatic rings. The van der Waals surface area contributed by atoms with Gasteiger partial charge in [-0.3, -0.25) is 9.78 Å². The molecule has 0 saturated heterocycles. The molecule has 0 bridgehead atoms. The fourth-order valence-electron chi connectivity index (χ4n) is 1.18. The number of hydrogen-bond acceptors (Lipinski definition) is 4. The van der Waals surface area contributed by atoms with E-state index in [0.717, 1.165) is 5.56 Å². The fraction of sp³-hybridized carbons (Fsp3) is 0.100. The highest BCUT2D eigenvalue weighted by Gasteiger charge is 2.11. The maximum Gasteiger partial charge on any atom is 0.267 e. The Morgan fingerprint density at radius 2 is 2.31 bits per heavy atom. The van der Waals surface area contributed by atoms with Gasteiger partial charge in [0.25, 0.3) is 5.91 Å². The van der Waals surface area contributed by atoms with Crippen LogP contribution in [0.2, 0.25) is 5.15 Å². The molecule has 6 heteroatoms. The minimum Gasteiger partial charge on any atom is -0.305 e. The van der Waals surface area contributed by atoms with E-state index in [1.807, 2.05) is 18.4 Å². The van der Waals surface area contributed by atoms with Crippen LogP contribution in [-0.4, -0.2) is 15.9 Å². The Morgan fingerprint density at radius 1 is 1.50 bits per heavy atom. The van der Waals surface area contributed by atoms with E-state index in [1.54, 1.807) is 0 Å². The van der Waals surface area contributed by atoms with Crippen LogP contribution in [0.15, 0.2) is 23.8 Å². The molecule has 0 saturated carbocycles. The summed E-state index contributed by atoms with van der Waals surface area (Å²) in [5, 5.41) is 4.76. The second-order valence-corrected chi connectivity index (χ2v) is 4.42. The van der Waals surface area contributed by atoms with Gasteiger partial charge in [0.05, 0.1) is 17.3 Å². The van der Waals surface area contributed by atoms with Gasteiger partial charge in [-0.2, -0.15) is 0 Å². The third-order valence-electron chi connectivity index (χ3n) is 1.92. The predicted octanol–water partition coefficient (Wildman–Crippen LogP) is 2.75. The lowest BCUT2D eigenvalue weighted by atomic mass is 10.3. The molecular formula is C10H8ClN3OS. The predicted molar refractivity (Wildman–Crippen MR) is 64.1 cm³/mol. The van der Waals surface area contributed by atoms with Crippen LogP contribution in [0, 0.1) is 6.92 Å². The van der Waals surface area contributed by atoms with Crippen LogP contribution < -0.4 is 5.32 Å². The molecule has 0 spiro atoms. The Labute approximate surface area is 101 Å². The van der Waals surface area contributed by atoms with Gasteiger partial charge in [0.1, 0.15) is 5.15 Å². The molecule has 4 nitrogen and oxygen atoms in total. The number of carbonyl (C=O) groups is 1. The van der Waals surface area contributed by atoms with Crippen molar-refractivity contribution in [1.82, 2.24) is 9.97 Å².